The standard InChI is InChI=1S/C23H25N2O2S2.ClHO4/c1-2-4-18(5-3-1)23(19-6-8-21(28-19)24-10-14-26-15-11-24)20-7-9-22(29-20)25-12-16-27-17-13-25;2-1(3,4)5/h1-9H,10-17H2;(H,2,3,4,5)/q+1;/p-1. The van der Waals surface area contributed by atoms with E-state index >= 15 is 0 Å². The fraction of sp³-hybridized carbons (Fsp3) is 0.348. The number of morpholine rings is 2. The Balaban J connectivity index is 0.000000499. The zero-order chi connectivity index (χ0) is 24.0. The highest BCUT2D eigenvalue weighted by atomic mass is 35.7. The number of nitrogens with zero attached hydrogens (tertiary/aromatic N) is 2. The highest BCUT2D eigenvalue weighted by Gasteiger charge is 2.25. The summed E-state index contributed by atoms with van der Waals surface area (Å²) in [6.07, 6.45) is 4.55. The Kier molecular flexibility index (Phi) is 8.81. The summed E-state index contributed by atoms with van der Waals surface area (Å²) >= 11 is 3.78. The smallest absolute Gasteiger partial charge is 0.239 e. The van der Waals surface area contributed by atoms with Gasteiger partial charge in [0.2, 0.25) is 5.04 Å². The average molecular weight is 525 g/mol. The molecule has 0 radical (unpaired) electrons. The lowest BCUT2D eigenvalue weighted by molar-refractivity contribution is -2.00. The number of anilines is 1. The number of rotatable bonds is 3. The predicted octanol–water partition coefficient (Wildman–Crippen LogP) is -0.668. The minimum Gasteiger partial charge on any atom is -0.378 e. The molecule has 1 aromatic carbocycles. The zero-order valence-corrected chi connectivity index (χ0v) is 20.8. The van der Waals surface area contributed by atoms with Gasteiger partial charge in [-0.2, -0.15) is 0 Å². The van der Waals surface area contributed by atoms with Gasteiger partial charge >= 0.3 is 0 Å². The summed E-state index contributed by atoms with van der Waals surface area (Å²) in [7, 11) is -4.94. The Bertz CT molecular complexity index is 1040. The fourth-order valence-electron chi connectivity index (χ4n) is 3.84. The molecule has 0 saturated carbocycles. The molecule has 0 unspecified atom stereocenters. The van der Waals surface area contributed by atoms with Crippen LogP contribution in [-0.4, -0.2) is 62.2 Å². The molecule has 5 rings (SSSR count). The molecule has 182 valence electrons. The SMILES string of the molecule is C1=CC(=[N+]2CCOCC2)SC1=C(c1ccccc1)c1ccc(N2CCOCC2)s1.[O-][Cl+3]([O-])([O-])[O-]. The summed E-state index contributed by atoms with van der Waals surface area (Å²) in [6, 6.07) is 15.3. The highest BCUT2D eigenvalue weighted by Crippen LogP contribution is 2.41. The molecular weight excluding hydrogens is 500 g/mol. The fourth-order valence-corrected chi connectivity index (χ4v) is 6.18. The predicted molar refractivity (Wildman–Crippen MR) is 122 cm³/mol. The van der Waals surface area contributed by atoms with Crippen LogP contribution in [0, 0.1) is 10.2 Å². The lowest BCUT2D eigenvalue weighted by Gasteiger charge is -2.27. The normalized spacial score (nSPS) is 20.3. The average Bonchev–Trinajstić information content (AvgIpc) is 3.51. The molecule has 2 aromatic rings. The van der Waals surface area contributed by atoms with E-state index in [0.717, 1.165) is 52.6 Å². The van der Waals surface area contributed by atoms with Gasteiger partial charge in [-0.15, -0.1) is 21.6 Å². The monoisotopic (exact) mass is 524 g/mol. The summed E-state index contributed by atoms with van der Waals surface area (Å²) in [5.41, 5.74) is 2.61. The maximum atomic E-state index is 8.49. The van der Waals surface area contributed by atoms with Gasteiger partial charge in [0.15, 0.2) is 13.1 Å². The molecule has 2 fully saturated rings. The molecule has 0 aliphatic carbocycles. The first kappa shape index (κ1) is 25.4. The summed E-state index contributed by atoms with van der Waals surface area (Å²) in [5, 5.41) is 2.67. The third kappa shape index (κ3) is 7.14. The van der Waals surface area contributed by atoms with Crippen LogP contribution in [0.25, 0.3) is 5.57 Å². The van der Waals surface area contributed by atoms with E-state index in [4.69, 9.17) is 28.1 Å². The maximum Gasteiger partial charge on any atom is 0.239 e. The first-order chi connectivity index (χ1) is 16.4. The van der Waals surface area contributed by atoms with Crippen molar-refractivity contribution in [3.63, 3.8) is 0 Å². The van der Waals surface area contributed by atoms with Crippen LogP contribution in [-0.2, 0) is 9.47 Å². The van der Waals surface area contributed by atoms with Crippen molar-refractivity contribution in [2.45, 2.75) is 0 Å². The molecule has 2 saturated heterocycles. The zero-order valence-electron chi connectivity index (χ0n) is 18.4. The second kappa shape index (κ2) is 11.8. The number of hydrogen-bond donors (Lipinski definition) is 0. The Labute approximate surface area is 208 Å². The summed E-state index contributed by atoms with van der Waals surface area (Å²) < 4.78 is 47.5. The molecule has 1 aromatic heterocycles. The molecule has 0 spiro atoms. The quantitative estimate of drug-likeness (QED) is 0.485. The third-order valence-corrected chi connectivity index (χ3v) is 7.71. The van der Waals surface area contributed by atoms with Gasteiger partial charge in [-0.05, 0) is 35.5 Å². The maximum absolute atomic E-state index is 8.49. The largest absolute Gasteiger partial charge is 0.378 e. The van der Waals surface area contributed by atoms with Crippen molar-refractivity contribution in [2.24, 2.45) is 0 Å². The van der Waals surface area contributed by atoms with Gasteiger partial charge < -0.3 is 14.4 Å². The molecule has 0 N–H and O–H groups in total. The molecule has 3 aliphatic rings. The number of allylic oxidation sites excluding steroid dienone is 1. The number of halogens is 1. The van der Waals surface area contributed by atoms with Crippen molar-refractivity contribution >= 4 is 38.7 Å². The number of hydrogen-bond acceptors (Lipinski definition) is 9. The van der Waals surface area contributed by atoms with Crippen molar-refractivity contribution in [3.8, 4) is 0 Å². The summed E-state index contributed by atoms with van der Waals surface area (Å²) in [4.78, 5) is 5.09. The van der Waals surface area contributed by atoms with Crippen LogP contribution in [0.2, 0.25) is 0 Å². The van der Waals surface area contributed by atoms with E-state index in [1.165, 1.54) is 31.0 Å². The number of thioether (sulfide) groups is 1. The van der Waals surface area contributed by atoms with E-state index in [0.29, 0.717) is 0 Å². The van der Waals surface area contributed by atoms with Gasteiger partial charge in [0.25, 0.3) is 0 Å². The Hall–Kier alpha value is -1.73. The van der Waals surface area contributed by atoms with E-state index < -0.39 is 10.2 Å². The third-order valence-electron chi connectivity index (χ3n) is 5.38. The number of ether oxygens (including phenoxy) is 2. The second-order valence-corrected chi connectivity index (χ2v) is 10.5. The highest BCUT2D eigenvalue weighted by molar-refractivity contribution is 8.18. The first-order valence-corrected chi connectivity index (χ1v) is 13.7. The minimum absolute atomic E-state index is 0.816. The van der Waals surface area contributed by atoms with E-state index in [1.54, 1.807) is 0 Å². The van der Waals surface area contributed by atoms with Gasteiger partial charge in [-0.3, -0.25) is 0 Å². The Morgan fingerprint density at radius 2 is 1.50 bits per heavy atom. The van der Waals surface area contributed by atoms with Gasteiger partial charge in [-0.1, -0.05) is 30.3 Å². The van der Waals surface area contributed by atoms with Gasteiger partial charge in [0.05, 0.1) is 18.2 Å². The van der Waals surface area contributed by atoms with E-state index in [2.05, 4.69) is 64.1 Å². The summed E-state index contributed by atoms with van der Waals surface area (Å²) in [6.45, 7) is 7.16. The van der Waals surface area contributed by atoms with Crippen molar-refractivity contribution in [3.05, 3.63) is 70.0 Å². The van der Waals surface area contributed by atoms with E-state index in [9.17, 15) is 0 Å². The van der Waals surface area contributed by atoms with Crippen molar-refractivity contribution in [1.29, 1.82) is 0 Å². The van der Waals surface area contributed by atoms with Gasteiger partial charge in [0.1, 0.15) is 13.2 Å². The van der Waals surface area contributed by atoms with E-state index in [1.807, 2.05) is 23.1 Å². The van der Waals surface area contributed by atoms with Crippen LogP contribution in [0.15, 0.2) is 59.5 Å². The summed E-state index contributed by atoms with van der Waals surface area (Å²) in [5.74, 6) is 0. The van der Waals surface area contributed by atoms with Crippen LogP contribution < -0.4 is 23.5 Å². The van der Waals surface area contributed by atoms with Crippen molar-refractivity contribution < 1.29 is 42.9 Å². The number of thiophene rings is 1. The van der Waals surface area contributed by atoms with Crippen LogP contribution in [0.3, 0.4) is 0 Å². The molecule has 4 heterocycles. The number of benzene rings is 1. The van der Waals surface area contributed by atoms with Crippen molar-refractivity contribution in [2.75, 3.05) is 57.5 Å². The van der Waals surface area contributed by atoms with E-state index in [-0.39, 0.29) is 0 Å². The lowest BCUT2D eigenvalue weighted by atomic mass is 10.0. The van der Waals surface area contributed by atoms with Gasteiger partial charge in [0, 0.05) is 34.5 Å². The molecule has 0 amide bonds. The lowest BCUT2D eigenvalue weighted by Crippen LogP contribution is -2.68. The topological polar surface area (TPSA) is 117 Å². The Morgan fingerprint density at radius 3 is 2.18 bits per heavy atom. The van der Waals surface area contributed by atoms with Crippen molar-refractivity contribution in [1.82, 2.24) is 0 Å². The molecule has 34 heavy (non-hydrogen) atoms. The van der Waals surface area contributed by atoms with Gasteiger partial charge in [-0.25, -0.2) is 23.2 Å². The molecule has 11 heteroatoms. The second-order valence-electron chi connectivity index (χ2n) is 7.59. The van der Waals surface area contributed by atoms with Crippen LogP contribution >= 0.6 is 23.1 Å². The minimum atomic E-state index is -4.94. The van der Waals surface area contributed by atoms with Crippen LogP contribution in [0.4, 0.5) is 5.00 Å². The van der Waals surface area contributed by atoms with Crippen LogP contribution in [0.1, 0.15) is 10.4 Å². The molecular formula is C23H25ClN2O6S2. The molecule has 0 atom stereocenters. The first-order valence-electron chi connectivity index (χ1n) is 10.8. The molecule has 0 bridgehead atoms. The Morgan fingerprint density at radius 1 is 0.853 bits per heavy atom. The molecule has 3 aliphatic heterocycles. The molecule has 8 nitrogen and oxygen atoms in total. The van der Waals surface area contributed by atoms with Crippen LogP contribution in [0.5, 0.6) is 0 Å².